The SMILES string of the molecule is O=S(=O)(NCCOc1ccc(-c2ccc(F)cc2)nn1)c1ccc(Cl)cc1. The van der Waals surface area contributed by atoms with Crippen LogP contribution in [0.15, 0.2) is 65.6 Å². The third kappa shape index (κ3) is 5.22. The second-order valence-electron chi connectivity index (χ2n) is 5.46. The first-order valence-corrected chi connectivity index (χ1v) is 9.78. The van der Waals surface area contributed by atoms with Gasteiger partial charge in [-0.2, -0.15) is 0 Å². The van der Waals surface area contributed by atoms with Crippen LogP contribution in [0.3, 0.4) is 0 Å². The van der Waals surface area contributed by atoms with Gasteiger partial charge in [0.05, 0.1) is 10.6 Å². The van der Waals surface area contributed by atoms with Gasteiger partial charge in [0.2, 0.25) is 15.9 Å². The second-order valence-corrected chi connectivity index (χ2v) is 7.67. The molecule has 0 fully saturated rings. The van der Waals surface area contributed by atoms with E-state index in [1.54, 1.807) is 24.3 Å². The Morgan fingerprint density at radius 3 is 2.30 bits per heavy atom. The van der Waals surface area contributed by atoms with Crippen molar-refractivity contribution < 1.29 is 17.5 Å². The molecule has 0 aliphatic heterocycles. The Kier molecular flexibility index (Phi) is 6.00. The van der Waals surface area contributed by atoms with Gasteiger partial charge in [0, 0.05) is 23.2 Å². The summed E-state index contributed by atoms with van der Waals surface area (Å²) in [4.78, 5) is 0.121. The molecule has 6 nitrogen and oxygen atoms in total. The van der Waals surface area contributed by atoms with E-state index in [1.165, 1.54) is 36.4 Å². The second kappa shape index (κ2) is 8.43. The first kappa shape index (κ1) is 19.2. The minimum atomic E-state index is -3.63. The third-order valence-electron chi connectivity index (χ3n) is 3.55. The van der Waals surface area contributed by atoms with Gasteiger partial charge in [0.15, 0.2) is 0 Å². The molecule has 0 atom stereocenters. The molecule has 3 rings (SSSR count). The van der Waals surface area contributed by atoms with Gasteiger partial charge in [0.25, 0.3) is 0 Å². The van der Waals surface area contributed by atoms with Gasteiger partial charge in [-0.3, -0.25) is 0 Å². The largest absolute Gasteiger partial charge is 0.475 e. The maximum Gasteiger partial charge on any atom is 0.240 e. The fraction of sp³-hybridized carbons (Fsp3) is 0.111. The number of nitrogens with zero attached hydrogens (tertiary/aromatic N) is 2. The minimum absolute atomic E-state index is 0.0619. The molecule has 1 aromatic heterocycles. The molecule has 3 aromatic rings. The summed E-state index contributed by atoms with van der Waals surface area (Å²) >= 11 is 5.75. The number of nitrogens with one attached hydrogen (secondary N) is 1. The maximum absolute atomic E-state index is 12.9. The molecular formula is C18H15ClFN3O3S. The fourth-order valence-electron chi connectivity index (χ4n) is 2.20. The average Bonchev–Trinajstić information content (AvgIpc) is 2.67. The van der Waals surface area contributed by atoms with Crippen LogP contribution in [0.25, 0.3) is 11.3 Å². The number of ether oxygens (including phenoxy) is 1. The van der Waals surface area contributed by atoms with Gasteiger partial charge in [-0.25, -0.2) is 17.5 Å². The molecule has 27 heavy (non-hydrogen) atoms. The van der Waals surface area contributed by atoms with Gasteiger partial charge in [-0.1, -0.05) is 11.6 Å². The predicted molar refractivity (Wildman–Crippen MR) is 99.6 cm³/mol. The number of aromatic nitrogens is 2. The van der Waals surface area contributed by atoms with E-state index in [2.05, 4.69) is 14.9 Å². The molecule has 0 radical (unpaired) electrons. The fourth-order valence-corrected chi connectivity index (χ4v) is 3.34. The van der Waals surface area contributed by atoms with E-state index >= 15 is 0 Å². The summed E-state index contributed by atoms with van der Waals surface area (Å²) in [6, 6.07) is 15.0. The Balaban J connectivity index is 1.52. The predicted octanol–water partition coefficient (Wildman–Crippen LogP) is 3.29. The molecule has 0 aliphatic rings. The topological polar surface area (TPSA) is 81.2 Å². The quantitative estimate of drug-likeness (QED) is 0.608. The molecule has 1 N–H and O–H groups in total. The van der Waals surface area contributed by atoms with Crippen molar-refractivity contribution in [2.75, 3.05) is 13.2 Å². The average molecular weight is 408 g/mol. The lowest BCUT2D eigenvalue weighted by Crippen LogP contribution is -2.28. The molecule has 1 heterocycles. The van der Waals surface area contributed by atoms with Crippen LogP contribution in [0, 0.1) is 5.82 Å². The highest BCUT2D eigenvalue weighted by Gasteiger charge is 2.13. The van der Waals surface area contributed by atoms with Crippen molar-refractivity contribution in [3.63, 3.8) is 0 Å². The molecule has 140 valence electrons. The minimum Gasteiger partial charge on any atom is -0.475 e. The zero-order valence-electron chi connectivity index (χ0n) is 14.0. The van der Waals surface area contributed by atoms with Crippen LogP contribution >= 0.6 is 11.6 Å². The smallest absolute Gasteiger partial charge is 0.240 e. The van der Waals surface area contributed by atoms with Gasteiger partial charge in [0.1, 0.15) is 12.4 Å². The Morgan fingerprint density at radius 1 is 0.963 bits per heavy atom. The highest BCUT2D eigenvalue weighted by Crippen LogP contribution is 2.18. The van der Waals surface area contributed by atoms with E-state index in [1.807, 2.05) is 0 Å². The summed E-state index contributed by atoms with van der Waals surface area (Å²) in [7, 11) is -3.63. The van der Waals surface area contributed by atoms with Crippen LogP contribution < -0.4 is 9.46 Å². The normalized spacial score (nSPS) is 11.3. The van der Waals surface area contributed by atoms with E-state index in [0.717, 1.165) is 5.56 Å². The van der Waals surface area contributed by atoms with Crippen molar-refractivity contribution in [1.82, 2.24) is 14.9 Å². The van der Waals surface area contributed by atoms with Crippen molar-refractivity contribution in [1.29, 1.82) is 0 Å². The summed E-state index contributed by atoms with van der Waals surface area (Å²) in [5, 5.41) is 8.39. The van der Waals surface area contributed by atoms with Gasteiger partial charge in [-0.15, -0.1) is 10.2 Å². The molecular weight excluding hydrogens is 393 g/mol. The van der Waals surface area contributed by atoms with Crippen molar-refractivity contribution in [3.8, 4) is 17.1 Å². The third-order valence-corrected chi connectivity index (χ3v) is 5.28. The monoisotopic (exact) mass is 407 g/mol. The molecule has 2 aromatic carbocycles. The Hall–Kier alpha value is -2.55. The number of hydrogen-bond acceptors (Lipinski definition) is 5. The first-order valence-electron chi connectivity index (χ1n) is 7.92. The summed E-state index contributed by atoms with van der Waals surface area (Å²) in [5.41, 5.74) is 1.30. The summed E-state index contributed by atoms with van der Waals surface area (Å²) in [6.07, 6.45) is 0. The van der Waals surface area contributed by atoms with Crippen LogP contribution in [0.2, 0.25) is 5.02 Å². The van der Waals surface area contributed by atoms with Crippen LogP contribution in [0.4, 0.5) is 4.39 Å². The molecule has 0 bridgehead atoms. The standard InChI is InChI=1S/C18H15ClFN3O3S/c19-14-3-7-16(8-4-14)27(24,25)21-11-12-26-18-10-9-17(22-23-18)13-1-5-15(20)6-2-13/h1-10,21H,11-12H2. The van der Waals surface area contributed by atoms with Crippen LogP contribution in [-0.2, 0) is 10.0 Å². The van der Waals surface area contributed by atoms with Crippen molar-refractivity contribution in [2.45, 2.75) is 4.90 Å². The maximum atomic E-state index is 12.9. The number of sulfonamides is 1. The lowest BCUT2D eigenvalue weighted by atomic mass is 10.1. The molecule has 0 unspecified atom stereocenters. The van der Waals surface area contributed by atoms with E-state index in [9.17, 15) is 12.8 Å². The molecule has 9 heteroatoms. The van der Waals surface area contributed by atoms with Crippen molar-refractivity contribution in [2.24, 2.45) is 0 Å². The number of rotatable bonds is 7. The zero-order valence-corrected chi connectivity index (χ0v) is 15.5. The first-order chi connectivity index (χ1) is 12.9. The molecule has 0 spiro atoms. The van der Waals surface area contributed by atoms with Crippen LogP contribution in [0.1, 0.15) is 0 Å². The number of benzene rings is 2. The van der Waals surface area contributed by atoms with E-state index in [4.69, 9.17) is 16.3 Å². The number of halogens is 2. The highest BCUT2D eigenvalue weighted by molar-refractivity contribution is 7.89. The molecule has 0 aliphatic carbocycles. The van der Waals surface area contributed by atoms with Crippen LogP contribution in [0.5, 0.6) is 5.88 Å². The lowest BCUT2D eigenvalue weighted by Gasteiger charge is -2.08. The van der Waals surface area contributed by atoms with Crippen molar-refractivity contribution in [3.05, 3.63) is 71.5 Å². The Bertz CT molecular complexity index is 996. The van der Waals surface area contributed by atoms with Crippen molar-refractivity contribution >= 4 is 21.6 Å². The van der Waals surface area contributed by atoms with Gasteiger partial charge in [-0.05, 0) is 54.6 Å². The summed E-state index contributed by atoms with van der Waals surface area (Å²) in [6.45, 7) is 0.143. The number of hydrogen-bond donors (Lipinski definition) is 1. The highest BCUT2D eigenvalue weighted by atomic mass is 35.5. The molecule has 0 amide bonds. The van der Waals surface area contributed by atoms with E-state index < -0.39 is 10.0 Å². The lowest BCUT2D eigenvalue weighted by molar-refractivity contribution is 0.307. The Labute approximate surface area is 161 Å². The molecule has 0 saturated carbocycles. The van der Waals surface area contributed by atoms with E-state index in [0.29, 0.717) is 10.7 Å². The molecule has 0 saturated heterocycles. The van der Waals surface area contributed by atoms with Crippen LogP contribution in [-0.4, -0.2) is 31.8 Å². The zero-order chi connectivity index (χ0) is 19.3. The summed E-state index contributed by atoms with van der Waals surface area (Å²) < 4.78 is 45.0. The summed E-state index contributed by atoms with van der Waals surface area (Å²) in [5.74, 6) is -0.0701. The van der Waals surface area contributed by atoms with Gasteiger partial charge < -0.3 is 4.74 Å². The van der Waals surface area contributed by atoms with Gasteiger partial charge >= 0.3 is 0 Å². The van der Waals surface area contributed by atoms with E-state index in [-0.39, 0.29) is 29.7 Å². The Morgan fingerprint density at radius 2 is 1.67 bits per heavy atom.